The Kier molecular flexibility index (Phi) is 4.35. The number of halogens is 2. The average molecular weight is 451 g/mol. The van der Waals surface area contributed by atoms with Gasteiger partial charge in [0.2, 0.25) is 0 Å². The number of fused-ring (bicyclic) bond motifs is 1. The fourth-order valence-electron chi connectivity index (χ4n) is 2.86. The van der Waals surface area contributed by atoms with Gasteiger partial charge in [-0.15, -0.1) is 0 Å². The summed E-state index contributed by atoms with van der Waals surface area (Å²) in [6, 6.07) is 17.1. The lowest BCUT2D eigenvalue weighted by atomic mass is 10.1. The van der Waals surface area contributed by atoms with Crippen LogP contribution >= 0.6 is 43.6 Å². The number of hydrogen-bond donors (Lipinski definition) is 0. The first-order chi connectivity index (χ1) is 11.2. The number of aryl methyl sites for hydroxylation is 1. The molecule has 0 N–H and O–H groups in total. The predicted octanol–water partition coefficient (Wildman–Crippen LogP) is 5.45. The molecule has 0 atom stereocenters. The molecule has 0 radical (unpaired) electrons. The Morgan fingerprint density at radius 2 is 1.57 bits per heavy atom. The fourth-order valence-corrected chi connectivity index (χ4v) is 4.49. The highest BCUT2D eigenvalue weighted by Crippen LogP contribution is 2.32. The van der Waals surface area contributed by atoms with Crippen LogP contribution in [0.25, 0.3) is 16.9 Å². The predicted molar refractivity (Wildman–Crippen MR) is 102 cm³/mol. The van der Waals surface area contributed by atoms with Crippen LogP contribution in [-0.4, -0.2) is 10.3 Å². The first-order valence-electron chi connectivity index (χ1n) is 7.52. The van der Waals surface area contributed by atoms with Crippen LogP contribution < -0.4 is 4.57 Å². The lowest BCUT2D eigenvalue weighted by Crippen LogP contribution is -2.37. The Labute approximate surface area is 156 Å². The molecule has 0 unspecified atom stereocenters. The molecule has 0 aliphatic carbocycles. The van der Waals surface area contributed by atoms with Crippen LogP contribution in [0.4, 0.5) is 0 Å². The molecule has 0 spiro atoms. The summed E-state index contributed by atoms with van der Waals surface area (Å²) in [5.41, 5.74) is 3.68. The first kappa shape index (κ1) is 15.5. The molecule has 0 amide bonds. The molecule has 1 aromatic heterocycles. The van der Waals surface area contributed by atoms with Gasteiger partial charge in [0.05, 0.1) is 6.54 Å². The van der Waals surface area contributed by atoms with Crippen molar-refractivity contribution in [1.29, 1.82) is 0 Å². The third-order valence-corrected chi connectivity index (χ3v) is 6.18. The lowest BCUT2D eigenvalue weighted by molar-refractivity contribution is -0.734. The molecule has 0 fully saturated rings. The van der Waals surface area contributed by atoms with Gasteiger partial charge in [0.1, 0.15) is 11.9 Å². The van der Waals surface area contributed by atoms with E-state index in [2.05, 4.69) is 95.7 Å². The van der Waals surface area contributed by atoms with Crippen LogP contribution in [-0.2, 0) is 6.54 Å². The zero-order valence-corrected chi connectivity index (χ0v) is 16.4. The molecule has 2 aromatic carbocycles. The number of nitrogens with zero attached hydrogens (tertiary/aromatic N) is 2. The quantitative estimate of drug-likeness (QED) is 0.471. The van der Waals surface area contributed by atoms with Crippen molar-refractivity contribution in [2.24, 2.45) is 0 Å². The molecule has 5 heteroatoms. The van der Waals surface area contributed by atoms with Gasteiger partial charge in [-0.2, -0.15) is 4.57 Å². The molecule has 0 saturated heterocycles. The molecule has 1 aliphatic heterocycles. The number of rotatable bonds is 2. The summed E-state index contributed by atoms with van der Waals surface area (Å²) in [7, 11) is 0. The Morgan fingerprint density at radius 3 is 2.26 bits per heavy atom. The molecular weight excluding hydrogens is 436 g/mol. The van der Waals surface area contributed by atoms with Crippen LogP contribution in [0.15, 0.2) is 68.8 Å². The maximum atomic E-state index is 3.53. The Hall–Kier alpha value is -1.04. The van der Waals surface area contributed by atoms with Gasteiger partial charge in [0.25, 0.3) is 0 Å². The van der Waals surface area contributed by atoms with E-state index in [1.807, 2.05) is 11.8 Å². The van der Waals surface area contributed by atoms with Crippen molar-refractivity contribution in [1.82, 2.24) is 4.57 Å². The molecule has 0 bridgehead atoms. The van der Waals surface area contributed by atoms with Gasteiger partial charge in [-0.1, -0.05) is 31.9 Å². The second-order valence-electron chi connectivity index (χ2n) is 5.51. The van der Waals surface area contributed by atoms with E-state index in [0.717, 1.165) is 15.5 Å². The normalized spacial score (nSPS) is 13.8. The Balaban J connectivity index is 1.93. The standard InChI is InChI=1S/C18H15Br2N2S/c19-14-4-2-13(3-5-14)17-12-21-10-1-11-23-18(21)22(17)16-8-6-15(20)7-9-16/h2-9,12H,1,10-11H2/q+1. The Bertz CT molecular complexity index is 839. The highest BCUT2D eigenvalue weighted by atomic mass is 79.9. The van der Waals surface area contributed by atoms with Gasteiger partial charge < -0.3 is 0 Å². The van der Waals surface area contributed by atoms with Gasteiger partial charge in [0.15, 0.2) is 5.69 Å². The summed E-state index contributed by atoms with van der Waals surface area (Å²) in [5, 5.41) is 1.32. The summed E-state index contributed by atoms with van der Waals surface area (Å²) in [5.74, 6) is 1.18. The van der Waals surface area contributed by atoms with Crippen LogP contribution in [0.1, 0.15) is 6.42 Å². The summed E-state index contributed by atoms with van der Waals surface area (Å²) in [4.78, 5) is 0. The second-order valence-corrected chi connectivity index (χ2v) is 8.40. The SMILES string of the molecule is Brc1ccc(-c2c[n+]3c(n2-c2ccc(Br)cc2)SCCC3)cc1. The molecule has 3 aromatic rings. The van der Waals surface area contributed by atoms with Crippen LogP contribution in [0.2, 0.25) is 0 Å². The van der Waals surface area contributed by atoms with Crippen molar-refractivity contribution < 1.29 is 4.57 Å². The molecule has 2 heterocycles. The number of hydrogen-bond acceptors (Lipinski definition) is 1. The monoisotopic (exact) mass is 449 g/mol. The summed E-state index contributed by atoms with van der Waals surface area (Å²) >= 11 is 8.99. The smallest absolute Gasteiger partial charge is 0.224 e. The van der Waals surface area contributed by atoms with E-state index < -0.39 is 0 Å². The van der Waals surface area contributed by atoms with Crippen LogP contribution in [0, 0.1) is 0 Å². The molecule has 1 aliphatic rings. The van der Waals surface area contributed by atoms with Crippen molar-refractivity contribution in [3.05, 3.63) is 63.7 Å². The minimum Gasteiger partial charge on any atom is -0.224 e. The first-order valence-corrected chi connectivity index (χ1v) is 10.1. The number of thioether (sulfide) groups is 1. The minimum atomic E-state index is 1.09. The van der Waals surface area contributed by atoms with Crippen molar-refractivity contribution in [2.45, 2.75) is 18.1 Å². The van der Waals surface area contributed by atoms with E-state index in [1.54, 1.807) is 0 Å². The maximum absolute atomic E-state index is 3.53. The summed E-state index contributed by atoms with van der Waals surface area (Å²) in [6.07, 6.45) is 3.51. The van der Waals surface area contributed by atoms with Gasteiger partial charge in [-0.3, -0.25) is 0 Å². The topological polar surface area (TPSA) is 8.81 Å². The fraction of sp³-hybridized carbons (Fsp3) is 0.167. The summed E-state index contributed by atoms with van der Waals surface area (Å²) < 4.78 is 6.97. The van der Waals surface area contributed by atoms with Gasteiger partial charge in [-0.05, 0) is 66.7 Å². The second kappa shape index (κ2) is 6.46. The van der Waals surface area contributed by atoms with Crippen molar-refractivity contribution in [3.63, 3.8) is 0 Å². The number of benzene rings is 2. The maximum Gasteiger partial charge on any atom is 0.323 e. The third-order valence-electron chi connectivity index (χ3n) is 3.96. The van der Waals surface area contributed by atoms with Gasteiger partial charge in [0, 0.05) is 20.3 Å². The van der Waals surface area contributed by atoms with Crippen molar-refractivity contribution >= 4 is 43.6 Å². The molecular formula is C18H15Br2N2S+. The zero-order valence-electron chi connectivity index (χ0n) is 12.4. The average Bonchev–Trinajstić information content (AvgIpc) is 2.96. The zero-order chi connectivity index (χ0) is 15.8. The minimum absolute atomic E-state index is 1.09. The number of aromatic nitrogens is 2. The molecule has 4 rings (SSSR count). The highest BCUT2D eigenvalue weighted by Gasteiger charge is 2.28. The van der Waals surface area contributed by atoms with E-state index >= 15 is 0 Å². The molecule has 2 nitrogen and oxygen atoms in total. The van der Waals surface area contributed by atoms with Crippen LogP contribution in [0.3, 0.4) is 0 Å². The van der Waals surface area contributed by atoms with E-state index in [-0.39, 0.29) is 0 Å². The van der Waals surface area contributed by atoms with E-state index in [0.29, 0.717) is 0 Å². The van der Waals surface area contributed by atoms with Crippen molar-refractivity contribution in [2.75, 3.05) is 5.75 Å². The largest absolute Gasteiger partial charge is 0.323 e. The van der Waals surface area contributed by atoms with Crippen molar-refractivity contribution in [3.8, 4) is 16.9 Å². The molecule has 116 valence electrons. The molecule has 23 heavy (non-hydrogen) atoms. The summed E-state index contributed by atoms with van der Waals surface area (Å²) in [6.45, 7) is 1.09. The van der Waals surface area contributed by atoms with Crippen LogP contribution in [0.5, 0.6) is 0 Å². The van der Waals surface area contributed by atoms with Gasteiger partial charge >= 0.3 is 5.16 Å². The number of imidazole rings is 1. The third kappa shape index (κ3) is 3.02. The molecule has 0 saturated carbocycles. The lowest BCUT2D eigenvalue weighted by Gasteiger charge is -2.09. The van der Waals surface area contributed by atoms with Gasteiger partial charge in [-0.25, -0.2) is 4.57 Å². The van der Waals surface area contributed by atoms with E-state index in [9.17, 15) is 0 Å². The Morgan fingerprint density at radius 1 is 0.913 bits per heavy atom. The van der Waals surface area contributed by atoms with E-state index in [1.165, 1.54) is 34.3 Å². The highest BCUT2D eigenvalue weighted by molar-refractivity contribution is 9.10. The van der Waals surface area contributed by atoms with E-state index in [4.69, 9.17) is 0 Å².